The van der Waals surface area contributed by atoms with E-state index in [4.69, 9.17) is 11.6 Å². The second-order valence-corrected chi connectivity index (χ2v) is 6.23. The third kappa shape index (κ3) is 2.65. The molecule has 3 aromatic rings. The summed E-state index contributed by atoms with van der Waals surface area (Å²) in [5.41, 5.74) is 1.13. The Morgan fingerprint density at radius 3 is 2.75 bits per heavy atom. The van der Waals surface area contributed by atoms with Crippen molar-refractivity contribution in [2.75, 3.05) is 5.32 Å². The van der Waals surface area contributed by atoms with Gasteiger partial charge in [-0.2, -0.15) is 5.10 Å². The lowest BCUT2D eigenvalue weighted by Crippen LogP contribution is -2.27. The van der Waals surface area contributed by atoms with Crippen molar-refractivity contribution in [3.05, 3.63) is 65.8 Å². The maximum atomic E-state index is 12.7. The summed E-state index contributed by atoms with van der Waals surface area (Å²) in [6, 6.07) is 11.1. The van der Waals surface area contributed by atoms with Crippen molar-refractivity contribution < 1.29 is 4.79 Å². The number of amides is 1. The molecule has 1 amide bonds. The van der Waals surface area contributed by atoms with E-state index in [-0.39, 0.29) is 5.91 Å². The maximum Gasteiger partial charge on any atom is 0.235 e. The number of carbonyl (C=O) groups excluding carboxylic acids is 1. The van der Waals surface area contributed by atoms with Crippen LogP contribution in [0.15, 0.2) is 55.2 Å². The van der Waals surface area contributed by atoms with Gasteiger partial charge in [-0.3, -0.25) is 4.79 Å². The summed E-state index contributed by atoms with van der Waals surface area (Å²) < 4.78 is 1.56. The van der Waals surface area contributed by atoms with Crippen molar-refractivity contribution in [2.24, 2.45) is 0 Å². The first kappa shape index (κ1) is 14.8. The predicted octanol–water partition coefficient (Wildman–Crippen LogP) is 2.99. The highest BCUT2D eigenvalue weighted by molar-refractivity contribution is 6.30. The number of aromatic nitrogens is 4. The van der Waals surface area contributed by atoms with Crippen LogP contribution in [-0.4, -0.2) is 25.7 Å². The lowest BCUT2D eigenvalue weighted by atomic mass is 9.95. The summed E-state index contributed by atoms with van der Waals surface area (Å²) in [5.74, 6) is 0.613. The van der Waals surface area contributed by atoms with Gasteiger partial charge < -0.3 is 5.32 Å². The van der Waals surface area contributed by atoms with Crippen LogP contribution >= 0.6 is 11.6 Å². The molecule has 0 saturated heterocycles. The number of pyridine rings is 1. The van der Waals surface area contributed by atoms with E-state index in [1.165, 1.54) is 6.33 Å². The van der Waals surface area contributed by atoms with Crippen LogP contribution in [0.5, 0.6) is 0 Å². The largest absolute Gasteiger partial charge is 0.324 e. The Balaban J connectivity index is 1.52. The second kappa shape index (κ2) is 5.72. The fourth-order valence-electron chi connectivity index (χ4n) is 2.73. The smallest absolute Gasteiger partial charge is 0.235 e. The van der Waals surface area contributed by atoms with Crippen molar-refractivity contribution in [1.82, 2.24) is 19.7 Å². The maximum absolute atomic E-state index is 12.7. The predicted molar refractivity (Wildman–Crippen MR) is 90.1 cm³/mol. The number of hydrogen-bond donors (Lipinski definition) is 1. The molecule has 2 heterocycles. The van der Waals surface area contributed by atoms with E-state index in [2.05, 4.69) is 20.4 Å². The van der Waals surface area contributed by atoms with E-state index in [0.29, 0.717) is 16.5 Å². The SMILES string of the molecule is O=C(Nc1ccc(-n2cncn2)nc1)C1(c2cccc(Cl)c2)CC1. The summed E-state index contributed by atoms with van der Waals surface area (Å²) in [7, 11) is 0. The molecule has 120 valence electrons. The van der Waals surface area contributed by atoms with Crippen LogP contribution in [0, 0.1) is 0 Å². The normalized spacial score (nSPS) is 15.0. The van der Waals surface area contributed by atoms with Crippen LogP contribution in [0.4, 0.5) is 5.69 Å². The highest BCUT2D eigenvalue weighted by atomic mass is 35.5. The Morgan fingerprint density at radius 2 is 2.12 bits per heavy atom. The van der Waals surface area contributed by atoms with Crippen molar-refractivity contribution >= 4 is 23.2 Å². The van der Waals surface area contributed by atoms with E-state index < -0.39 is 5.41 Å². The lowest BCUT2D eigenvalue weighted by molar-refractivity contribution is -0.118. The first-order valence-electron chi connectivity index (χ1n) is 7.56. The molecule has 1 N–H and O–H groups in total. The minimum absolute atomic E-state index is 0.0277. The first-order valence-corrected chi connectivity index (χ1v) is 7.94. The second-order valence-electron chi connectivity index (χ2n) is 5.79. The fraction of sp³-hybridized carbons (Fsp3) is 0.176. The van der Waals surface area contributed by atoms with Crippen LogP contribution < -0.4 is 5.32 Å². The number of carbonyl (C=O) groups is 1. The van der Waals surface area contributed by atoms with Gasteiger partial charge in [0.1, 0.15) is 12.7 Å². The van der Waals surface area contributed by atoms with Gasteiger partial charge in [0, 0.05) is 5.02 Å². The number of nitrogens with zero attached hydrogens (tertiary/aromatic N) is 4. The standard InChI is InChI=1S/C17H14ClN5O/c18-13-3-1-2-12(8-13)17(6-7-17)16(24)22-14-4-5-15(20-9-14)23-11-19-10-21-23/h1-5,8-11H,6-7H2,(H,22,24). The van der Waals surface area contributed by atoms with Gasteiger partial charge in [0.2, 0.25) is 5.91 Å². The number of anilines is 1. The molecule has 24 heavy (non-hydrogen) atoms. The zero-order chi connectivity index (χ0) is 16.6. The number of halogens is 1. The molecule has 1 aliphatic carbocycles. The van der Waals surface area contributed by atoms with Gasteiger partial charge in [-0.25, -0.2) is 14.6 Å². The molecule has 2 aromatic heterocycles. The molecule has 0 unspecified atom stereocenters. The number of hydrogen-bond acceptors (Lipinski definition) is 4. The summed E-state index contributed by atoms with van der Waals surface area (Å²) in [6.07, 6.45) is 6.27. The van der Waals surface area contributed by atoms with E-state index in [0.717, 1.165) is 18.4 Å². The number of rotatable bonds is 4. The molecule has 4 rings (SSSR count). The monoisotopic (exact) mass is 339 g/mol. The third-order valence-electron chi connectivity index (χ3n) is 4.22. The Kier molecular flexibility index (Phi) is 3.54. The minimum Gasteiger partial charge on any atom is -0.324 e. The molecule has 0 bridgehead atoms. The zero-order valence-electron chi connectivity index (χ0n) is 12.7. The summed E-state index contributed by atoms with van der Waals surface area (Å²) in [5, 5.41) is 7.61. The average molecular weight is 340 g/mol. The van der Waals surface area contributed by atoms with Crippen molar-refractivity contribution in [2.45, 2.75) is 18.3 Å². The van der Waals surface area contributed by atoms with Crippen LogP contribution in [0.3, 0.4) is 0 Å². The quantitative estimate of drug-likeness (QED) is 0.793. The number of nitrogens with one attached hydrogen (secondary N) is 1. The molecule has 0 spiro atoms. The van der Waals surface area contributed by atoms with E-state index >= 15 is 0 Å². The topological polar surface area (TPSA) is 72.7 Å². The third-order valence-corrected chi connectivity index (χ3v) is 4.46. The lowest BCUT2D eigenvalue weighted by Gasteiger charge is -2.16. The number of benzene rings is 1. The van der Waals surface area contributed by atoms with Gasteiger partial charge in [0.15, 0.2) is 5.82 Å². The van der Waals surface area contributed by atoms with E-state index in [9.17, 15) is 4.79 Å². The molecule has 0 aliphatic heterocycles. The first-order chi connectivity index (χ1) is 11.7. The van der Waals surface area contributed by atoms with Crippen LogP contribution in [0.2, 0.25) is 5.02 Å². The Bertz CT molecular complexity index is 872. The molecular weight excluding hydrogens is 326 g/mol. The van der Waals surface area contributed by atoms with Crippen LogP contribution in [0.25, 0.3) is 5.82 Å². The molecule has 6 nitrogen and oxygen atoms in total. The average Bonchev–Trinajstić information content (AvgIpc) is 3.23. The molecule has 1 fully saturated rings. The van der Waals surface area contributed by atoms with E-state index in [1.807, 2.05) is 24.3 Å². The molecule has 1 aliphatic rings. The summed E-state index contributed by atoms with van der Waals surface area (Å²) in [6.45, 7) is 0. The van der Waals surface area contributed by atoms with Gasteiger partial charge >= 0.3 is 0 Å². The highest BCUT2D eigenvalue weighted by Gasteiger charge is 2.51. The molecule has 1 saturated carbocycles. The Morgan fingerprint density at radius 1 is 1.25 bits per heavy atom. The minimum atomic E-state index is -0.477. The van der Waals surface area contributed by atoms with Crippen LogP contribution in [-0.2, 0) is 10.2 Å². The van der Waals surface area contributed by atoms with Gasteiger partial charge in [-0.15, -0.1) is 0 Å². The fourth-order valence-corrected chi connectivity index (χ4v) is 2.92. The summed E-state index contributed by atoms with van der Waals surface area (Å²) >= 11 is 6.05. The van der Waals surface area contributed by atoms with E-state index in [1.54, 1.807) is 29.3 Å². The van der Waals surface area contributed by atoms with Crippen molar-refractivity contribution in [1.29, 1.82) is 0 Å². The van der Waals surface area contributed by atoms with Gasteiger partial charge in [0.25, 0.3) is 0 Å². The Hall–Kier alpha value is -2.73. The Labute approximate surface area is 143 Å². The van der Waals surface area contributed by atoms with Gasteiger partial charge in [0.05, 0.1) is 17.3 Å². The highest BCUT2D eigenvalue weighted by Crippen LogP contribution is 2.49. The molecule has 1 aromatic carbocycles. The molecule has 0 atom stereocenters. The van der Waals surface area contributed by atoms with Crippen molar-refractivity contribution in [3.8, 4) is 5.82 Å². The van der Waals surface area contributed by atoms with Crippen LogP contribution in [0.1, 0.15) is 18.4 Å². The van der Waals surface area contributed by atoms with Gasteiger partial charge in [-0.05, 0) is 42.7 Å². The van der Waals surface area contributed by atoms with Crippen molar-refractivity contribution in [3.63, 3.8) is 0 Å². The molecular formula is C17H14ClN5O. The van der Waals surface area contributed by atoms with Gasteiger partial charge in [-0.1, -0.05) is 23.7 Å². The summed E-state index contributed by atoms with van der Waals surface area (Å²) in [4.78, 5) is 20.9. The molecule has 0 radical (unpaired) electrons. The zero-order valence-corrected chi connectivity index (χ0v) is 13.4. The molecule has 7 heteroatoms.